The summed E-state index contributed by atoms with van der Waals surface area (Å²) < 4.78 is 0. The monoisotopic (exact) mass is 113 g/mol. The standard InChI is InChI=1S/C6H11NO/c7-5-2-3-1-4(3)6(5)8/h3-6,8H,1-2,7H2/t3-,4?,5-,6-/m0/s1. The van der Waals surface area contributed by atoms with Crippen molar-refractivity contribution in [2.45, 2.75) is 25.0 Å². The van der Waals surface area contributed by atoms with Gasteiger partial charge in [-0.15, -0.1) is 0 Å². The molecule has 2 saturated carbocycles. The van der Waals surface area contributed by atoms with E-state index in [2.05, 4.69) is 0 Å². The van der Waals surface area contributed by atoms with Crippen LogP contribution in [0.25, 0.3) is 0 Å². The summed E-state index contributed by atoms with van der Waals surface area (Å²) in [5.74, 6) is 1.38. The molecule has 0 radical (unpaired) electrons. The highest BCUT2D eigenvalue weighted by molar-refractivity contribution is 5.04. The number of hydrogen-bond donors (Lipinski definition) is 2. The van der Waals surface area contributed by atoms with E-state index in [1.165, 1.54) is 6.42 Å². The number of aliphatic hydroxyl groups excluding tert-OH is 1. The zero-order chi connectivity index (χ0) is 5.72. The summed E-state index contributed by atoms with van der Waals surface area (Å²) in [5.41, 5.74) is 5.55. The lowest BCUT2D eigenvalue weighted by atomic mass is 10.1. The fourth-order valence-electron chi connectivity index (χ4n) is 1.77. The Balaban J connectivity index is 2.08. The van der Waals surface area contributed by atoms with Gasteiger partial charge in [-0.3, -0.25) is 0 Å². The number of fused-ring (bicyclic) bond motifs is 1. The average molecular weight is 113 g/mol. The van der Waals surface area contributed by atoms with E-state index in [0.717, 1.165) is 12.3 Å². The first-order chi connectivity index (χ1) is 3.79. The van der Waals surface area contributed by atoms with Gasteiger partial charge >= 0.3 is 0 Å². The minimum atomic E-state index is -0.167. The first kappa shape index (κ1) is 4.77. The highest BCUT2D eigenvalue weighted by Gasteiger charge is 2.51. The summed E-state index contributed by atoms with van der Waals surface area (Å²) in [6, 6.07) is 0.0961. The van der Waals surface area contributed by atoms with E-state index < -0.39 is 0 Å². The van der Waals surface area contributed by atoms with Crippen LogP contribution in [-0.4, -0.2) is 17.3 Å². The first-order valence-electron chi connectivity index (χ1n) is 3.22. The maximum absolute atomic E-state index is 9.18. The van der Waals surface area contributed by atoms with Crippen LogP contribution >= 0.6 is 0 Å². The number of aliphatic hydroxyl groups is 1. The smallest absolute Gasteiger partial charge is 0.0722 e. The fraction of sp³-hybridized carbons (Fsp3) is 1.00. The van der Waals surface area contributed by atoms with Crippen LogP contribution in [0.4, 0.5) is 0 Å². The van der Waals surface area contributed by atoms with Crippen LogP contribution in [0.2, 0.25) is 0 Å². The Kier molecular flexibility index (Phi) is 0.746. The summed E-state index contributed by atoms with van der Waals surface area (Å²) in [7, 11) is 0. The number of hydrogen-bond acceptors (Lipinski definition) is 2. The maximum atomic E-state index is 9.18. The number of nitrogens with two attached hydrogens (primary N) is 1. The van der Waals surface area contributed by atoms with Crippen molar-refractivity contribution in [3.05, 3.63) is 0 Å². The molecule has 46 valence electrons. The molecule has 2 heteroatoms. The zero-order valence-electron chi connectivity index (χ0n) is 4.75. The van der Waals surface area contributed by atoms with E-state index in [4.69, 9.17) is 5.73 Å². The quantitative estimate of drug-likeness (QED) is 0.453. The van der Waals surface area contributed by atoms with Crippen molar-refractivity contribution in [1.82, 2.24) is 0 Å². The summed E-state index contributed by atoms with van der Waals surface area (Å²) in [6.07, 6.45) is 2.13. The van der Waals surface area contributed by atoms with Gasteiger partial charge in [0.05, 0.1) is 6.10 Å². The van der Waals surface area contributed by atoms with Crippen molar-refractivity contribution in [3.8, 4) is 0 Å². The molecule has 2 aliphatic rings. The molecule has 0 aromatic carbocycles. The van der Waals surface area contributed by atoms with Crippen molar-refractivity contribution < 1.29 is 5.11 Å². The van der Waals surface area contributed by atoms with Gasteiger partial charge in [-0.05, 0) is 24.7 Å². The van der Waals surface area contributed by atoms with E-state index in [-0.39, 0.29) is 12.1 Å². The molecule has 8 heavy (non-hydrogen) atoms. The molecule has 0 amide bonds. The maximum Gasteiger partial charge on any atom is 0.0722 e. The molecular weight excluding hydrogens is 102 g/mol. The topological polar surface area (TPSA) is 46.2 Å². The largest absolute Gasteiger partial charge is 0.391 e. The van der Waals surface area contributed by atoms with E-state index in [1.807, 2.05) is 0 Å². The molecule has 2 aliphatic carbocycles. The molecule has 2 fully saturated rings. The minimum absolute atomic E-state index is 0.0961. The molecule has 0 spiro atoms. The van der Waals surface area contributed by atoms with E-state index in [0.29, 0.717) is 5.92 Å². The van der Waals surface area contributed by atoms with Crippen molar-refractivity contribution in [2.24, 2.45) is 17.6 Å². The highest BCUT2D eigenvalue weighted by Crippen LogP contribution is 2.51. The minimum Gasteiger partial charge on any atom is -0.391 e. The summed E-state index contributed by atoms with van der Waals surface area (Å²) in [5, 5.41) is 9.18. The Morgan fingerprint density at radius 2 is 2.12 bits per heavy atom. The molecule has 3 N–H and O–H groups in total. The van der Waals surface area contributed by atoms with E-state index in [9.17, 15) is 5.11 Å². The van der Waals surface area contributed by atoms with E-state index in [1.54, 1.807) is 0 Å². The third-order valence-electron chi connectivity index (χ3n) is 2.43. The van der Waals surface area contributed by atoms with Gasteiger partial charge in [0, 0.05) is 6.04 Å². The lowest BCUT2D eigenvalue weighted by Gasteiger charge is -2.09. The third kappa shape index (κ3) is 0.446. The summed E-state index contributed by atoms with van der Waals surface area (Å²) in [4.78, 5) is 0. The Labute approximate surface area is 48.7 Å². The molecule has 0 aromatic heterocycles. The first-order valence-corrected chi connectivity index (χ1v) is 3.22. The molecular formula is C6H11NO. The molecule has 0 heterocycles. The summed E-state index contributed by atoms with van der Waals surface area (Å²) >= 11 is 0. The van der Waals surface area contributed by atoms with Crippen LogP contribution in [0.5, 0.6) is 0 Å². The Morgan fingerprint density at radius 3 is 2.38 bits per heavy atom. The zero-order valence-corrected chi connectivity index (χ0v) is 4.75. The van der Waals surface area contributed by atoms with Gasteiger partial charge in [0.15, 0.2) is 0 Å². The third-order valence-corrected chi connectivity index (χ3v) is 2.43. The predicted octanol–water partition coefficient (Wildman–Crippen LogP) is -0.286. The molecule has 4 atom stereocenters. The van der Waals surface area contributed by atoms with Crippen LogP contribution < -0.4 is 5.73 Å². The molecule has 0 saturated heterocycles. The van der Waals surface area contributed by atoms with E-state index >= 15 is 0 Å². The normalized spacial score (nSPS) is 60.8. The van der Waals surface area contributed by atoms with Gasteiger partial charge in [-0.25, -0.2) is 0 Å². The van der Waals surface area contributed by atoms with Crippen molar-refractivity contribution in [2.75, 3.05) is 0 Å². The second-order valence-electron chi connectivity index (χ2n) is 3.05. The lowest BCUT2D eigenvalue weighted by molar-refractivity contribution is 0.141. The van der Waals surface area contributed by atoms with Crippen molar-refractivity contribution in [1.29, 1.82) is 0 Å². The molecule has 0 aromatic rings. The van der Waals surface area contributed by atoms with Gasteiger partial charge < -0.3 is 10.8 Å². The Bertz CT molecular complexity index is 113. The summed E-state index contributed by atoms with van der Waals surface area (Å²) in [6.45, 7) is 0. The van der Waals surface area contributed by atoms with Gasteiger partial charge in [-0.2, -0.15) is 0 Å². The Hall–Kier alpha value is -0.0800. The van der Waals surface area contributed by atoms with Gasteiger partial charge in [0.2, 0.25) is 0 Å². The number of rotatable bonds is 0. The highest BCUT2D eigenvalue weighted by atomic mass is 16.3. The molecule has 2 nitrogen and oxygen atoms in total. The second kappa shape index (κ2) is 1.25. The predicted molar refractivity (Wildman–Crippen MR) is 30.2 cm³/mol. The molecule has 1 unspecified atom stereocenters. The van der Waals surface area contributed by atoms with Gasteiger partial charge in [-0.1, -0.05) is 0 Å². The average Bonchev–Trinajstić information content (AvgIpc) is 2.39. The van der Waals surface area contributed by atoms with Crippen molar-refractivity contribution in [3.63, 3.8) is 0 Å². The SMILES string of the molecule is N[C@H]1C[C@@H]2CC2[C@@H]1O. The molecule has 0 bridgehead atoms. The Morgan fingerprint density at radius 1 is 1.38 bits per heavy atom. The van der Waals surface area contributed by atoms with Gasteiger partial charge in [0.1, 0.15) is 0 Å². The van der Waals surface area contributed by atoms with Crippen LogP contribution in [0.15, 0.2) is 0 Å². The molecule has 0 aliphatic heterocycles. The molecule has 2 rings (SSSR count). The van der Waals surface area contributed by atoms with Crippen molar-refractivity contribution >= 4 is 0 Å². The lowest BCUT2D eigenvalue weighted by Crippen LogP contribution is -2.31. The fourth-order valence-corrected chi connectivity index (χ4v) is 1.77. The van der Waals surface area contributed by atoms with Crippen LogP contribution in [0, 0.1) is 11.8 Å². The second-order valence-corrected chi connectivity index (χ2v) is 3.05. The van der Waals surface area contributed by atoms with Crippen LogP contribution in [0.3, 0.4) is 0 Å². The van der Waals surface area contributed by atoms with Crippen LogP contribution in [-0.2, 0) is 0 Å². The van der Waals surface area contributed by atoms with Crippen LogP contribution in [0.1, 0.15) is 12.8 Å². The van der Waals surface area contributed by atoms with Gasteiger partial charge in [0.25, 0.3) is 0 Å².